The van der Waals surface area contributed by atoms with Crippen LogP contribution in [-0.2, 0) is 24.3 Å². The number of ether oxygens (including phenoxy) is 2. The number of carbonyl (C=O) groups is 1. The minimum absolute atomic E-state index is 0.0487. The molecule has 1 aliphatic heterocycles. The molecule has 216 valence electrons. The van der Waals surface area contributed by atoms with E-state index in [-0.39, 0.29) is 58.7 Å². The van der Waals surface area contributed by atoms with E-state index < -0.39 is 23.4 Å². The molecule has 0 spiro atoms. The van der Waals surface area contributed by atoms with Crippen molar-refractivity contribution in [3.8, 4) is 23.3 Å². The number of nitriles is 1. The van der Waals surface area contributed by atoms with E-state index >= 15 is 8.78 Å². The van der Waals surface area contributed by atoms with E-state index in [1.807, 2.05) is 6.07 Å². The Kier molecular flexibility index (Phi) is 7.48. The maximum Gasteiger partial charge on any atom is 0.335 e. The summed E-state index contributed by atoms with van der Waals surface area (Å²) in [7, 11) is 0. The van der Waals surface area contributed by atoms with Crippen LogP contribution in [0.15, 0.2) is 60.8 Å². The van der Waals surface area contributed by atoms with Crippen molar-refractivity contribution in [1.29, 1.82) is 5.26 Å². The first-order valence-corrected chi connectivity index (χ1v) is 13.3. The summed E-state index contributed by atoms with van der Waals surface area (Å²) in [6.45, 7) is 0.779. The highest BCUT2D eigenvalue weighted by Crippen LogP contribution is 2.29. The molecule has 1 fully saturated rings. The highest BCUT2D eigenvalue weighted by atomic mass is 19.1. The van der Waals surface area contributed by atoms with Gasteiger partial charge in [0.05, 0.1) is 46.6 Å². The normalized spacial score (nSPS) is 14.3. The van der Waals surface area contributed by atoms with Gasteiger partial charge in [-0.25, -0.2) is 27.9 Å². The minimum Gasteiger partial charge on any atom is -0.478 e. The summed E-state index contributed by atoms with van der Waals surface area (Å²) in [6, 6.07) is 13.7. The highest BCUT2D eigenvalue weighted by Gasteiger charge is 2.24. The third kappa shape index (κ3) is 5.75. The second-order valence-electron chi connectivity index (χ2n) is 9.96. The Labute approximate surface area is 242 Å². The first-order valence-electron chi connectivity index (χ1n) is 13.3. The number of carboxylic acid groups (broad SMARTS) is 1. The smallest absolute Gasteiger partial charge is 0.335 e. The molecule has 5 aromatic rings. The maximum atomic E-state index is 15.4. The first-order chi connectivity index (χ1) is 20.8. The molecule has 0 amide bonds. The Balaban J connectivity index is 1.26. The third-order valence-corrected chi connectivity index (χ3v) is 7.19. The lowest BCUT2D eigenvalue weighted by Gasteiger charge is -2.27. The van der Waals surface area contributed by atoms with Gasteiger partial charge in [-0.05, 0) is 60.5 Å². The number of fused-ring (bicyclic) bond motifs is 1. The Morgan fingerprint density at radius 3 is 2.58 bits per heavy atom. The summed E-state index contributed by atoms with van der Waals surface area (Å²) in [5, 5.41) is 18.3. The van der Waals surface area contributed by atoms with Crippen LogP contribution >= 0.6 is 0 Å². The van der Waals surface area contributed by atoms with Gasteiger partial charge in [-0.1, -0.05) is 6.07 Å². The van der Waals surface area contributed by atoms with Crippen molar-refractivity contribution in [2.75, 3.05) is 6.61 Å². The van der Waals surface area contributed by atoms with Crippen molar-refractivity contribution in [3.05, 3.63) is 106 Å². The molecule has 0 bridgehead atoms. The van der Waals surface area contributed by atoms with Crippen molar-refractivity contribution in [1.82, 2.24) is 19.5 Å². The molecule has 1 unspecified atom stereocenters. The van der Waals surface area contributed by atoms with Crippen LogP contribution in [0.2, 0.25) is 0 Å². The summed E-state index contributed by atoms with van der Waals surface area (Å²) in [5.41, 5.74) is 1.51. The zero-order valence-electron chi connectivity index (χ0n) is 22.4. The van der Waals surface area contributed by atoms with Gasteiger partial charge in [0.2, 0.25) is 0 Å². The second-order valence-corrected chi connectivity index (χ2v) is 9.96. The fourth-order valence-electron chi connectivity index (χ4n) is 4.80. The lowest BCUT2D eigenvalue weighted by atomic mass is 10.0. The average molecular weight is 586 g/mol. The zero-order valence-corrected chi connectivity index (χ0v) is 22.4. The Morgan fingerprint density at radius 2 is 1.86 bits per heavy atom. The molecule has 0 aliphatic carbocycles. The molecular formula is C31H22F3N5O4. The van der Waals surface area contributed by atoms with Crippen molar-refractivity contribution in [2.45, 2.75) is 32.1 Å². The molecule has 12 heteroatoms. The predicted molar refractivity (Wildman–Crippen MR) is 147 cm³/mol. The standard InChI is InChI=1S/C31H22F3N5O4/c32-23-9-17(14-35)1-2-19(23)16-43-31-36-7-5-26(38-31)22-13-24(33)20(10-25(22)34)12-29-37-27-4-3-18(30(40)41)11-28(27)39(29)15-21-6-8-42-21/h1-5,7,9-11,13,21H,6,8,12,15-16H2,(H,40,41). The minimum atomic E-state index is -1.08. The number of aromatic nitrogens is 4. The molecule has 3 aromatic carbocycles. The van der Waals surface area contributed by atoms with Crippen LogP contribution in [0.25, 0.3) is 22.3 Å². The van der Waals surface area contributed by atoms with E-state index in [0.717, 1.165) is 24.6 Å². The summed E-state index contributed by atoms with van der Waals surface area (Å²) in [4.78, 5) is 24.3. The molecule has 1 N–H and O–H groups in total. The van der Waals surface area contributed by atoms with Crippen LogP contribution in [0.3, 0.4) is 0 Å². The van der Waals surface area contributed by atoms with Gasteiger partial charge in [-0.3, -0.25) is 0 Å². The van der Waals surface area contributed by atoms with Crippen LogP contribution in [0.5, 0.6) is 6.01 Å². The van der Waals surface area contributed by atoms with E-state index in [4.69, 9.17) is 14.7 Å². The average Bonchev–Trinajstić information content (AvgIpc) is 3.31. The number of carboxylic acids is 1. The molecule has 0 saturated carbocycles. The third-order valence-electron chi connectivity index (χ3n) is 7.19. The quantitative estimate of drug-likeness (QED) is 0.243. The van der Waals surface area contributed by atoms with Gasteiger partial charge >= 0.3 is 12.0 Å². The summed E-state index contributed by atoms with van der Waals surface area (Å²) >= 11 is 0. The number of nitrogens with zero attached hydrogens (tertiary/aromatic N) is 5. The van der Waals surface area contributed by atoms with Gasteiger partial charge in [0, 0.05) is 30.4 Å². The first kappa shape index (κ1) is 27.9. The van der Waals surface area contributed by atoms with Crippen LogP contribution < -0.4 is 4.74 Å². The summed E-state index contributed by atoms with van der Waals surface area (Å²) < 4.78 is 57.8. The summed E-state index contributed by atoms with van der Waals surface area (Å²) in [5.74, 6) is -2.71. The van der Waals surface area contributed by atoms with Crippen LogP contribution in [0.1, 0.15) is 39.3 Å². The number of hydrogen-bond donors (Lipinski definition) is 1. The monoisotopic (exact) mass is 585 g/mol. The lowest BCUT2D eigenvalue weighted by Crippen LogP contribution is -2.31. The fraction of sp³-hybridized carbons (Fsp3) is 0.194. The van der Waals surface area contributed by atoms with Gasteiger partial charge in [-0.15, -0.1) is 0 Å². The molecule has 1 atom stereocenters. The second kappa shape index (κ2) is 11.5. The van der Waals surface area contributed by atoms with Crippen LogP contribution in [0, 0.1) is 28.8 Å². The van der Waals surface area contributed by atoms with E-state index in [1.165, 1.54) is 36.5 Å². The maximum absolute atomic E-state index is 15.4. The molecular weight excluding hydrogens is 563 g/mol. The highest BCUT2D eigenvalue weighted by molar-refractivity contribution is 5.92. The van der Waals surface area contributed by atoms with Crippen molar-refractivity contribution in [3.63, 3.8) is 0 Å². The van der Waals surface area contributed by atoms with Gasteiger partial charge in [0.15, 0.2) is 0 Å². The number of hydrogen-bond acceptors (Lipinski definition) is 7. The van der Waals surface area contributed by atoms with Gasteiger partial charge in [0.1, 0.15) is 29.9 Å². The molecule has 2 aromatic heterocycles. The fourth-order valence-corrected chi connectivity index (χ4v) is 4.80. The summed E-state index contributed by atoms with van der Waals surface area (Å²) in [6.07, 6.45) is 1.99. The van der Waals surface area contributed by atoms with E-state index in [1.54, 1.807) is 10.6 Å². The van der Waals surface area contributed by atoms with Crippen LogP contribution in [0.4, 0.5) is 13.2 Å². The molecule has 9 nitrogen and oxygen atoms in total. The zero-order chi connectivity index (χ0) is 30.1. The van der Waals surface area contributed by atoms with Crippen molar-refractivity contribution in [2.24, 2.45) is 0 Å². The van der Waals surface area contributed by atoms with E-state index in [0.29, 0.717) is 30.0 Å². The van der Waals surface area contributed by atoms with Gasteiger partial charge in [0.25, 0.3) is 0 Å². The Hall–Kier alpha value is -5.28. The molecule has 43 heavy (non-hydrogen) atoms. The number of halogens is 3. The predicted octanol–water partition coefficient (Wildman–Crippen LogP) is 5.44. The van der Waals surface area contributed by atoms with Crippen molar-refractivity contribution < 1.29 is 32.5 Å². The lowest BCUT2D eigenvalue weighted by molar-refractivity contribution is -0.0589. The number of imidazole rings is 1. The van der Waals surface area contributed by atoms with Gasteiger partial charge in [-0.2, -0.15) is 10.2 Å². The van der Waals surface area contributed by atoms with Gasteiger partial charge < -0.3 is 19.1 Å². The molecule has 3 heterocycles. The molecule has 1 aliphatic rings. The Morgan fingerprint density at radius 1 is 1.05 bits per heavy atom. The van der Waals surface area contributed by atoms with Crippen LogP contribution in [-0.4, -0.2) is 43.3 Å². The number of benzene rings is 3. The SMILES string of the molecule is N#Cc1ccc(COc2nccc(-c3cc(F)c(Cc4nc5ccc(C(=O)O)cc5n4CC4CCO4)cc3F)n2)c(F)c1. The molecule has 1 saturated heterocycles. The number of aromatic carboxylic acids is 1. The van der Waals surface area contributed by atoms with E-state index in [9.17, 15) is 14.3 Å². The van der Waals surface area contributed by atoms with E-state index in [2.05, 4.69) is 15.0 Å². The van der Waals surface area contributed by atoms with Crippen molar-refractivity contribution >= 4 is 17.0 Å². The topological polar surface area (TPSA) is 123 Å². The Bertz CT molecular complexity index is 1920. The molecule has 0 radical (unpaired) electrons. The largest absolute Gasteiger partial charge is 0.478 e. The number of rotatable bonds is 9. The molecule has 6 rings (SSSR count).